The summed E-state index contributed by atoms with van der Waals surface area (Å²) in [6.07, 6.45) is 1.35. The summed E-state index contributed by atoms with van der Waals surface area (Å²) < 4.78 is 23.7. The molecule has 3 aromatic carbocycles. The van der Waals surface area contributed by atoms with Gasteiger partial charge < -0.3 is 14.8 Å². The molecular formula is C23H19FN4O6. The van der Waals surface area contributed by atoms with Crippen molar-refractivity contribution in [3.63, 3.8) is 0 Å². The molecule has 0 atom stereocenters. The number of non-ortho nitro benzene ring substituents is 1. The molecule has 0 aromatic heterocycles. The molecule has 0 fully saturated rings. The number of benzene rings is 3. The number of carbonyl (C=O) groups excluding carboxylic acids is 2. The second-order valence-corrected chi connectivity index (χ2v) is 6.76. The quantitative estimate of drug-likeness (QED) is 0.282. The molecule has 2 amide bonds. The zero-order chi connectivity index (χ0) is 24.5. The van der Waals surface area contributed by atoms with E-state index in [1.165, 1.54) is 55.8 Å². The SMILES string of the molecule is COc1cc(/C=N/NC(=O)c2cccc([N+](=O)[O-])c2)ccc1OCC(=O)Nc1ccc(F)cc1. The molecule has 0 saturated heterocycles. The first kappa shape index (κ1) is 23.9. The minimum absolute atomic E-state index is 0.0894. The molecule has 0 aliphatic rings. The number of rotatable bonds is 9. The maximum Gasteiger partial charge on any atom is 0.271 e. The number of nitrogens with zero attached hydrogens (tertiary/aromatic N) is 2. The van der Waals surface area contributed by atoms with E-state index in [0.29, 0.717) is 22.7 Å². The van der Waals surface area contributed by atoms with Gasteiger partial charge in [-0.2, -0.15) is 5.10 Å². The van der Waals surface area contributed by atoms with Crippen LogP contribution in [-0.2, 0) is 4.79 Å². The van der Waals surface area contributed by atoms with Crippen molar-refractivity contribution in [3.8, 4) is 11.5 Å². The minimum atomic E-state index is -0.612. The second kappa shape index (κ2) is 11.2. The van der Waals surface area contributed by atoms with E-state index in [2.05, 4.69) is 15.8 Å². The van der Waals surface area contributed by atoms with Crippen LogP contribution in [0.2, 0.25) is 0 Å². The molecule has 2 N–H and O–H groups in total. The minimum Gasteiger partial charge on any atom is -0.493 e. The van der Waals surface area contributed by atoms with E-state index in [-0.39, 0.29) is 17.9 Å². The molecule has 0 spiro atoms. The van der Waals surface area contributed by atoms with E-state index in [9.17, 15) is 24.1 Å². The van der Waals surface area contributed by atoms with Gasteiger partial charge in [0.1, 0.15) is 5.82 Å². The smallest absolute Gasteiger partial charge is 0.271 e. The fraction of sp³-hybridized carbons (Fsp3) is 0.0870. The zero-order valence-corrected chi connectivity index (χ0v) is 17.9. The molecule has 11 heteroatoms. The van der Waals surface area contributed by atoms with Crippen LogP contribution in [0.1, 0.15) is 15.9 Å². The van der Waals surface area contributed by atoms with E-state index in [4.69, 9.17) is 9.47 Å². The lowest BCUT2D eigenvalue weighted by Gasteiger charge is -2.11. The third kappa shape index (κ3) is 6.60. The molecule has 3 aromatic rings. The number of nitrogens with one attached hydrogen (secondary N) is 2. The Bertz CT molecular complexity index is 1230. The van der Waals surface area contributed by atoms with Gasteiger partial charge in [0, 0.05) is 23.4 Å². The third-order valence-electron chi connectivity index (χ3n) is 4.37. The van der Waals surface area contributed by atoms with Gasteiger partial charge in [-0.15, -0.1) is 0 Å². The Morgan fingerprint density at radius 3 is 2.56 bits per heavy atom. The normalized spacial score (nSPS) is 10.5. The Morgan fingerprint density at radius 1 is 1.09 bits per heavy atom. The molecule has 174 valence electrons. The Balaban J connectivity index is 1.57. The summed E-state index contributed by atoms with van der Waals surface area (Å²) in [6.45, 7) is -0.305. The van der Waals surface area contributed by atoms with Crippen molar-refractivity contribution in [2.24, 2.45) is 5.10 Å². The van der Waals surface area contributed by atoms with Crippen LogP contribution in [0.4, 0.5) is 15.8 Å². The third-order valence-corrected chi connectivity index (χ3v) is 4.37. The molecule has 0 unspecified atom stereocenters. The molecular weight excluding hydrogens is 447 g/mol. The highest BCUT2D eigenvalue weighted by Crippen LogP contribution is 2.27. The van der Waals surface area contributed by atoms with Crippen LogP contribution in [0.15, 0.2) is 71.8 Å². The number of ether oxygens (including phenoxy) is 2. The summed E-state index contributed by atoms with van der Waals surface area (Å²) in [5.74, 6) is -0.841. The van der Waals surface area contributed by atoms with Crippen LogP contribution in [0.3, 0.4) is 0 Å². The average molecular weight is 466 g/mol. The second-order valence-electron chi connectivity index (χ2n) is 6.76. The fourth-order valence-corrected chi connectivity index (χ4v) is 2.75. The van der Waals surface area contributed by atoms with Crippen molar-refractivity contribution in [2.75, 3.05) is 19.0 Å². The topological polar surface area (TPSA) is 132 Å². The van der Waals surface area contributed by atoms with Gasteiger partial charge in [0.2, 0.25) is 0 Å². The average Bonchev–Trinajstić information content (AvgIpc) is 2.84. The van der Waals surface area contributed by atoms with E-state index in [0.717, 1.165) is 6.07 Å². The number of anilines is 1. The predicted octanol–water partition coefficient (Wildman–Crippen LogP) is 3.52. The maximum absolute atomic E-state index is 12.9. The van der Waals surface area contributed by atoms with Crippen molar-refractivity contribution >= 4 is 29.4 Å². The molecule has 0 aliphatic carbocycles. The van der Waals surface area contributed by atoms with Gasteiger partial charge in [-0.05, 0) is 54.1 Å². The van der Waals surface area contributed by atoms with Crippen molar-refractivity contribution in [1.29, 1.82) is 0 Å². The number of nitro benzene ring substituents is 1. The number of halogens is 1. The van der Waals surface area contributed by atoms with Gasteiger partial charge in [0.05, 0.1) is 18.2 Å². The number of hydrogen-bond donors (Lipinski definition) is 2. The first-order valence-electron chi connectivity index (χ1n) is 9.80. The van der Waals surface area contributed by atoms with Gasteiger partial charge in [-0.1, -0.05) is 6.07 Å². The van der Waals surface area contributed by atoms with Gasteiger partial charge in [0.15, 0.2) is 18.1 Å². The number of carbonyl (C=O) groups is 2. The molecule has 0 bridgehead atoms. The lowest BCUT2D eigenvalue weighted by Crippen LogP contribution is -2.20. The van der Waals surface area contributed by atoms with E-state index >= 15 is 0 Å². The summed E-state index contributed by atoms with van der Waals surface area (Å²) in [7, 11) is 1.42. The van der Waals surface area contributed by atoms with Crippen LogP contribution < -0.4 is 20.2 Å². The van der Waals surface area contributed by atoms with Gasteiger partial charge in [-0.3, -0.25) is 19.7 Å². The highest BCUT2D eigenvalue weighted by molar-refractivity contribution is 5.95. The van der Waals surface area contributed by atoms with E-state index in [1.54, 1.807) is 18.2 Å². The largest absolute Gasteiger partial charge is 0.493 e. The maximum atomic E-state index is 12.9. The Kier molecular flexibility index (Phi) is 7.84. The summed E-state index contributed by atoms with van der Waals surface area (Å²) in [6, 6.07) is 15.3. The lowest BCUT2D eigenvalue weighted by molar-refractivity contribution is -0.384. The molecule has 0 radical (unpaired) electrons. The lowest BCUT2D eigenvalue weighted by atomic mass is 10.2. The predicted molar refractivity (Wildman–Crippen MR) is 122 cm³/mol. The van der Waals surface area contributed by atoms with Crippen LogP contribution in [0.5, 0.6) is 11.5 Å². The van der Waals surface area contributed by atoms with Crippen molar-refractivity contribution < 1.29 is 28.4 Å². The van der Waals surface area contributed by atoms with E-state index in [1.807, 2.05) is 0 Å². The van der Waals surface area contributed by atoms with E-state index < -0.39 is 22.6 Å². The van der Waals surface area contributed by atoms with Crippen molar-refractivity contribution in [1.82, 2.24) is 5.43 Å². The molecule has 0 aliphatic heterocycles. The number of nitro groups is 1. The Labute approximate surface area is 193 Å². The molecule has 3 rings (SSSR count). The van der Waals surface area contributed by atoms with Gasteiger partial charge in [0.25, 0.3) is 17.5 Å². The summed E-state index contributed by atoms with van der Waals surface area (Å²) in [5.41, 5.74) is 3.16. The van der Waals surface area contributed by atoms with Crippen LogP contribution in [0, 0.1) is 15.9 Å². The van der Waals surface area contributed by atoms with Gasteiger partial charge in [-0.25, -0.2) is 9.82 Å². The summed E-state index contributed by atoms with van der Waals surface area (Å²) in [4.78, 5) is 34.4. The Morgan fingerprint density at radius 2 is 1.85 bits per heavy atom. The Hall–Kier alpha value is -4.80. The first-order valence-corrected chi connectivity index (χ1v) is 9.80. The van der Waals surface area contributed by atoms with Crippen molar-refractivity contribution in [2.45, 2.75) is 0 Å². The number of hydrogen-bond acceptors (Lipinski definition) is 7. The molecule has 10 nitrogen and oxygen atoms in total. The van der Waals surface area contributed by atoms with Crippen LogP contribution >= 0.6 is 0 Å². The highest BCUT2D eigenvalue weighted by atomic mass is 19.1. The number of amides is 2. The molecule has 0 saturated carbocycles. The fourth-order valence-electron chi connectivity index (χ4n) is 2.75. The molecule has 34 heavy (non-hydrogen) atoms. The highest BCUT2D eigenvalue weighted by Gasteiger charge is 2.11. The zero-order valence-electron chi connectivity index (χ0n) is 17.9. The van der Waals surface area contributed by atoms with Crippen LogP contribution in [-0.4, -0.2) is 36.7 Å². The van der Waals surface area contributed by atoms with Crippen molar-refractivity contribution in [3.05, 3.63) is 93.8 Å². The summed E-state index contributed by atoms with van der Waals surface area (Å²) in [5, 5.41) is 17.3. The number of hydrazone groups is 1. The monoisotopic (exact) mass is 466 g/mol. The number of methoxy groups -OCH3 is 1. The summed E-state index contributed by atoms with van der Waals surface area (Å²) >= 11 is 0. The first-order chi connectivity index (χ1) is 16.4. The van der Waals surface area contributed by atoms with Gasteiger partial charge >= 0.3 is 0 Å². The standard InChI is InChI=1S/C23H19FN4O6/c1-33-21-11-15(13-25-27-23(30)16-3-2-4-19(12-16)28(31)32)5-10-20(21)34-14-22(29)26-18-8-6-17(24)7-9-18/h2-13H,14H2,1H3,(H,26,29)(H,27,30)/b25-13+. The van der Waals surface area contributed by atoms with Crippen LogP contribution in [0.25, 0.3) is 0 Å². The molecule has 0 heterocycles.